The maximum absolute atomic E-state index is 12.3. The Labute approximate surface area is 152 Å². The van der Waals surface area contributed by atoms with Gasteiger partial charge in [0.1, 0.15) is 5.60 Å². The summed E-state index contributed by atoms with van der Waals surface area (Å²) in [7, 11) is 0. The summed E-state index contributed by atoms with van der Waals surface area (Å²) >= 11 is 21.4. The first-order valence-electron chi connectivity index (χ1n) is 6.34. The molecule has 1 heterocycles. The van der Waals surface area contributed by atoms with Crippen molar-refractivity contribution in [2.24, 2.45) is 0 Å². The van der Waals surface area contributed by atoms with E-state index in [0.717, 1.165) is 4.47 Å². The molecule has 0 amide bonds. The van der Waals surface area contributed by atoms with Gasteiger partial charge in [-0.05, 0) is 54.9 Å². The van der Waals surface area contributed by atoms with Crippen LogP contribution in [0.4, 0.5) is 4.79 Å². The van der Waals surface area contributed by atoms with Gasteiger partial charge >= 0.3 is 6.09 Å². The van der Waals surface area contributed by atoms with Gasteiger partial charge in [0.2, 0.25) is 0 Å². The molecule has 2 rings (SSSR count). The number of aromatic nitrogens is 1. The Bertz CT molecular complexity index is 712. The maximum Gasteiger partial charge on any atom is 0.419 e. The minimum atomic E-state index is -0.597. The summed E-state index contributed by atoms with van der Waals surface area (Å²) in [5.41, 5.74) is 0.665. The second-order valence-corrected chi connectivity index (χ2v) is 7.76. The number of hydrogen-bond donors (Lipinski definition) is 0. The molecule has 0 radical (unpaired) electrons. The number of rotatable bonds is 1. The Hall–Kier alpha value is -0.680. The standard InChI is InChI=1S/C15H13BrCl3NO2/c1-15(2,3)22-14(21)20-7-9(16)6-12(20)8-4-10(17)13(19)11(18)5-8/h4-7H,1-3H3. The summed E-state index contributed by atoms with van der Waals surface area (Å²) in [6, 6.07) is 5.08. The molecule has 0 aliphatic carbocycles. The van der Waals surface area contributed by atoms with E-state index in [1.807, 2.05) is 0 Å². The largest absolute Gasteiger partial charge is 0.443 e. The Morgan fingerprint density at radius 2 is 1.68 bits per heavy atom. The van der Waals surface area contributed by atoms with Crippen LogP contribution < -0.4 is 0 Å². The third-order valence-electron chi connectivity index (χ3n) is 2.66. The van der Waals surface area contributed by atoms with E-state index in [1.165, 1.54) is 4.57 Å². The fourth-order valence-electron chi connectivity index (χ4n) is 1.82. The minimum absolute atomic E-state index is 0.279. The van der Waals surface area contributed by atoms with Gasteiger partial charge in [-0.25, -0.2) is 4.79 Å². The zero-order chi connectivity index (χ0) is 16.7. The van der Waals surface area contributed by atoms with Crippen LogP contribution in [-0.4, -0.2) is 16.3 Å². The van der Waals surface area contributed by atoms with Crippen LogP contribution in [0.15, 0.2) is 28.9 Å². The van der Waals surface area contributed by atoms with Gasteiger partial charge in [0, 0.05) is 16.2 Å². The van der Waals surface area contributed by atoms with Crippen LogP contribution in [-0.2, 0) is 4.74 Å². The van der Waals surface area contributed by atoms with Crippen molar-refractivity contribution in [1.29, 1.82) is 0 Å². The molecule has 1 aromatic carbocycles. The van der Waals surface area contributed by atoms with E-state index in [-0.39, 0.29) is 5.02 Å². The zero-order valence-corrected chi connectivity index (χ0v) is 15.9. The molecule has 0 spiro atoms. The average Bonchev–Trinajstić information content (AvgIpc) is 2.75. The fourth-order valence-corrected chi connectivity index (χ4v) is 2.84. The van der Waals surface area contributed by atoms with E-state index in [2.05, 4.69) is 15.9 Å². The van der Waals surface area contributed by atoms with E-state index in [1.54, 1.807) is 45.2 Å². The molecule has 1 aromatic heterocycles. The molecule has 0 unspecified atom stereocenters. The van der Waals surface area contributed by atoms with Crippen LogP contribution in [0.2, 0.25) is 15.1 Å². The highest BCUT2D eigenvalue weighted by atomic mass is 79.9. The molecule has 2 aromatic rings. The SMILES string of the molecule is CC(C)(C)OC(=O)n1cc(Br)cc1-c1cc(Cl)c(Cl)c(Cl)c1. The van der Waals surface area contributed by atoms with Gasteiger partial charge in [-0.1, -0.05) is 34.8 Å². The second-order valence-electron chi connectivity index (χ2n) is 5.65. The molecule has 0 atom stereocenters. The first-order chi connectivity index (χ1) is 10.1. The summed E-state index contributed by atoms with van der Waals surface area (Å²) in [6.45, 7) is 5.41. The normalized spacial score (nSPS) is 11.6. The maximum atomic E-state index is 12.3. The average molecular weight is 426 g/mol. The Kier molecular flexibility index (Phi) is 5.17. The van der Waals surface area contributed by atoms with Crippen LogP contribution in [0, 0.1) is 0 Å². The molecule has 0 saturated heterocycles. The van der Waals surface area contributed by atoms with Crippen molar-refractivity contribution in [2.45, 2.75) is 26.4 Å². The third kappa shape index (κ3) is 3.99. The Balaban J connectivity index is 2.51. The number of carbonyl (C=O) groups excluding carboxylic acids is 1. The van der Waals surface area contributed by atoms with Crippen molar-refractivity contribution in [1.82, 2.24) is 4.57 Å². The predicted molar refractivity (Wildman–Crippen MR) is 94.2 cm³/mol. The molecule has 7 heteroatoms. The number of halogens is 4. The van der Waals surface area contributed by atoms with E-state index in [9.17, 15) is 4.79 Å². The molecule has 0 aliphatic rings. The molecule has 3 nitrogen and oxygen atoms in total. The molecule has 0 N–H and O–H groups in total. The van der Waals surface area contributed by atoms with Crippen molar-refractivity contribution < 1.29 is 9.53 Å². The monoisotopic (exact) mass is 423 g/mol. The summed E-state index contributed by atoms with van der Waals surface area (Å²) < 4.78 is 7.52. The predicted octanol–water partition coefficient (Wildman–Crippen LogP) is 6.66. The first-order valence-corrected chi connectivity index (χ1v) is 8.27. The van der Waals surface area contributed by atoms with Gasteiger partial charge in [0.05, 0.1) is 20.8 Å². The first kappa shape index (κ1) is 17.7. The molecule has 118 valence electrons. The number of benzene rings is 1. The lowest BCUT2D eigenvalue weighted by molar-refractivity contribution is 0.0540. The van der Waals surface area contributed by atoms with Gasteiger partial charge in [0.25, 0.3) is 0 Å². The van der Waals surface area contributed by atoms with Crippen molar-refractivity contribution in [2.75, 3.05) is 0 Å². The smallest absolute Gasteiger partial charge is 0.419 e. The van der Waals surface area contributed by atoms with E-state index >= 15 is 0 Å². The van der Waals surface area contributed by atoms with E-state index in [4.69, 9.17) is 39.5 Å². The van der Waals surface area contributed by atoms with Crippen LogP contribution in [0.3, 0.4) is 0 Å². The number of nitrogens with zero attached hydrogens (tertiary/aromatic N) is 1. The number of carbonyl (C=O) groups is 1. The lowest BCUT2D eigenvalue weighted by Gasteiger charge is -2.20. The zero-order valence-electron chi connectivity index (χ0n) is 12.1. The summed E-state index contributed by atoms with van der Waals surface area (Å²) in [5.74, 6) is 0. The molecule has 22 heavy (non-hydrogen) atoms. The fraction of sp³-hybridized carbons (Fsp3) is 0.267. The van der Waals surface area contributed by atoms with Gasteiger partial charge in [0.15, 0.2) is 0 Å². The molecular formula is C15H13BrCl3NO2. The highest BCUT2D eigenvalue weighted by Crippen LogP contribution is 2.36. The highest BCUT2D eigenvalue weighted by molar-refractivity contribution is 9.10. The molecule has 0 saturated carbocycles. The second kappa shape index (κ2) is 6.44. The van der Waals surface area contributed by atoms with Crippen molar-refractivity contribution in [3.8, 4) is 11.3 Å². The lowest BCUT2D eigenvalue weighted by Crippen LogP contribution is -2.27. The lowest BCUT2D eigenvalue weighted by atomic mass is 10.1. The molecule has 0 bridgehead atoms. The van der Waals surface area contributed by atoms with Crippen LogP contribution in [0.5, 0.6) is 0 Å². The van der Waals surface area contributed by atoms with E-state index < -0.39 is 11.7 Å². The summed E-state index contributed by atoms with van der Waals surface area (Å²) in [6.07, 6.45) is 1.13. The Morgan fingerprint density at radius 1 is 1.14 bits per heavy atom. The summed E-state index contributed by atoms with van der Waals surface area (Å²) in [5, 5.41) is 0.913. The summed E-state index contributed by atoms with van der Waals surface area (Å²) in [4.78, 5) is 12.3. The highest BCUT2D eigenvalue weighted by Gasteiger charge is 2.21. The topological polar surface area (TPSA) is 31.2 Å². The minimum Gasteiger partial charge on any atom is -0.443 e. The van der Waals surface area contributed by atoms with Crippen molar-refractivity contribution >= 4 is 56.8 Å². The van der Waals surface area contributed by atoms with Crippen LogP contribution in [0.25, 0.3) is 11.3 Å². The quantitative estimate of drug-likeness (QED) is 0.478. The van der Waals surface area contributed by atoms with Crippen molar-refractivity contribution in [3.05, 3.63) is 43.9 Å². The number of ether oxygens (including phenoxy) is 1. The van der Waals surface area contributed by atoms with Gasteiger partial charge in [-0.15, -0.1) is 0 Å². The van der Waals surface area contributed by atoms with E-state index in [0.29, 0.717) is 21.3 Å². The van der Waals surface area contributed by atoms with Crippen molar-refractivity contribution in [3.63, 3.8) is 0 Å². The van der Waals surface area contributed by atoms with Crippen LogP contribution >= 0.6 is 50.7 Å². The number of hydrogen-bond acceptors (Lipinski definition) is 2. The Morgan fingerprint density at radius 3 is 2.18 bits per heavy atom. The molecule has 0 fully saturated rings. The van der Waals surface area contributed by atoms with Crippen LogP contribution in [0.1, 0.15) is 20.8 Å². The van der Waals surface area contributed by atoms with Gasteiger partial charge in [-0.3, -0.25) is 4.57 Å². The van der Waals surface area contributed by atoms with Gasteiger partial charge < -0.3 is 4.74 Å². The molecular weight excluding hydrogens is 412 g/mol. The van der Waals surface area contributed by atoms with Gasteiger partial charge in [-0.2, -0.15) is 0 Å². The third-order valence-corrected chi connectivity index (χ3v) is 4.29. The molecule has 0 aliphatic heterocycles.